The van der Waals surface area contributed by atoms with E-state index in [0.29, 0.717) is 15.7 Å². The molecule has 0 unspecified atom stereocenters. The van der Waals surface area contributed by atoms with Gasteiger partial charge in [0.1, 0.15) is 0 Å². The minimum absolute atomic E-state index is 0. The van der Waals surface area contributed by atoms with E-state index in [9.17, 15) is 4.79 Å². The minimum atomic E-state index is -0.213. The van der Waals surface area contributed by atoms with Gasteiger partial charge < -0.3 is 7.43 Å². The van der Waals surface area contributed by atoms with Gasteiger partial charge in [0, 0.05) is 10.6 Å². The Balaban J connectivity index is 0. The topological polar surface area (TPSA) is 42.0 Å². The molecule has 0 radical (unpaired) electrons. The Morgan fingerprint density at radius 2 is 1.89 bits per heavy atom. The van der Waals surface area contributed by atoms with Crippen LogP contribution in [0.4, 0.5) is 5.13 Å². The fourth-order valence-corrected chi connectivity index (χ4v) is 3.03. The number of para-hydroxylation sites is 1. The van der Waals surface area contributed by atoms with Crippen LogP contribution in [0.5, 0.6) is 0 Å². The number of rotatable bonds is 2. The summed E-state index contributed by atoms with van der Waals surface area (Å²) in [6.07, 6.45) is 1.25. The Kier molecular flexibility index (Phi) is 15.9. The fraction of sp³-hybridized carbons (Fsp3) is 0.286. The Morgan fingerprint density at radius 1 is 1.26 bits per heavy atom. The SMILES string of the molecule is CC.CCC.Cc1cc(Cl)cc(C(=O)Nc2nc3[c-]cccc3s2)c1.[CH3-].[U+2]. The van der Waals surface area contributed by atoms with Gasteiger partial charge in [-0.3, -0.25) is 10.1 Å². The number of fused-ring (bicyclic) bond motifs is 1. The number of hydrogen-bond donors (Lipinski definition) is 1. The summed E-state index contributed by atoms with van der Waals surface area (Å²) < 4.78 is 0.991. The second-order valence-electron chi connectivity index (χ2n) is 5.08. The molecule has 1 N–H and O–H groups in total. The summed E-state index contributed by atoms with van der Waals surface area (Å²) >= 11 is 7.38. The average Bonchev–Trinajstić information content (AvgIpc) is 2.98. The molecule has 0 bridgehead atoms. The number of anilines is 1. The van der Waals surface area contributed by atoms with Gasteiger partial charge in [-0.2, -0.15) is 35.6 Å². The molecular formula is C21H27ClN2OSU. The summed E-state index contributed by atoms with van der Waals surface area (Å²) in [7, 11) is 0. The van der Waals surface area contributed by atoms with Crippen molar-refractivity contribution in [3.63, 3.8) is 0 Å². The van der Waals surface area contributed by atoms with Crippen LogP contribution >= 0.6 is 22.9 Å². The molecule has 1 aromatic heterocycles. The maximum absolute atomic E-state index is 12.2. The third kappa shape index (κ3) is 9.26. The number of carbonyl (C=O) groups excluding carboxylic acids is 1. The van der Waals surface area contributed by atoms with Crippen molar-refractivity contribution >= 4 is 44.2 Å². The van der Waals surface area contributed by atoms with E-state index in [-0.39, 0.29) is 44.4 Å². The minimum Gasteiger partial charge on any atom is -0.358 e. The molecule has 144 valence electrons. The molecule has 0 spiro atoms. The van der Waals surface area contributed by atoms with Crippen molar-refractivity contribution in [2.75, 3.05) is 5.32 Å². The summed E-state index contributed by atoms with van der Waals surface area (Å²) in [6, 6.07) is 13.9. The monoisotopic (exact) mass is 628 g/mol. The van der Waals surface area contributed by atoms with E-state index >= 15 is 0 Å². The van der Waals surface area contributed by atoms with E-state index < -0.39 is 0 Å². The van der Waals surface area contributed by atoms with Gasteiger partial charge in [-0.1, -0.05) is 50.4 Å². The number of aryl methyl sites for hydroxylation is 1. The standard InChI is InChI=1S/C15H10ClN2OS.C3H8.C2H6.CH3.U/c1-9-6-10(8-11(16)7-9)14(19)18-15-17-12-4-2-3-5-13(12)20-15;1-3-2;1-2;;/h2-3,5-8H,1H3,(H,17,18,19);3H2,1-2H3;1-2H3;1H3;/q-1;;;-1;+2. The fourth-order valence-electron chi connectivity index (χ4n) is 1.90. The van der Waals surface area contributed by atoms with Crippen LogP contribution in [0.1, 0.15) is 50.0 Å². The number of thiazole rings is 1. The second kappa shape index (κ2) is 15.1. The zero-order valence-corrected chi connectivity index (χ0v) is 22.5. The van der Waals surface area contributed by atoms with Crippen molar-refractivity contribution < 1.29 is 35.9 Å². The van der Waals surface area contributed by atoms with Gasteiger partial charge in [-0.15, -0.1) is 0 Å². The molecule has 1 heterocycles. The van der Waals surface area contributed by atoms with Crippen LogP contribution < -0.4 is 5.32 Å². The van der Waals surface area contributed by atoms with Crippen molar-refractivity contribution in [3.8, 4) is 0 Å². The third-order valence-electron chi connectivity index (χ3n) is 2.74. The van der Waals surface area contributed by atoms with Gasteiger partial charge >= 0.3 is 31.1 Å². The first-order valence-corrected chi connectivity index (χ1v) is 9.58. The molecule has 0 aliphatic heterocycles. The molecule has 0 aliphatic rings. The Bertz CT molecular complexity index is 768. The van der Waals surface area contributed by atoms with Crippen LogP contribution in [0.2, 0.25) is 5.02 Å². The number of halogens is 1. The van der Waals surface area contributed by atoms with Crippen molar-refractivity contribution in [2.24, 2.45) is 0 Å². The number of nitrogens with zero attached hydrogens (tertiary/aromatic N) is 1. The third-order valence-corrected chi connectivity index (χ3v) is 3.90. The number of aromatic nitrogens is 1. The van der Waals surface area contributed by atoms with E-state index in [4.69, 9.17) is 11.6 Å². The van der Waals surface area contributed by atoms with Gasteiger partial charge in [0.25, 0.3) is 5.91 Å². The first-order valence-electron chi connectivity index (χ1n) is 8.39. The summed E-state index contributed by atoms with van der Waals surface area (Å²) in [5.74, 6) is -0.213. The molecule has 2 aromatic carbocycles. The van der Waals surface area contributed by atoms with E-state index in [1.54, 1.807) is 18.2 Å². The zero-order chi connectivity index (χ0) is 18.8. The Hall–Kier alpha value is -0.858. The summed E-state index contributed by atoms with van der Waals surface area (Å²) in [5.41, 5.74) is 2.23. The predicted octanol–water partition coefficient (Wildman–Crippen LogP) is 7.20. The van der Waals surface area contributed by atoms with Gasteiger partial charge in [0.2, 0.25) is 0 Å². The van der Waals surface area contributed by atoms with Gasteiger partial charge in [0.15, 0.2) is 5.13 Å². The smallest absolute Gasteiger partial charge is 0.358 e. The maximum Gasteiger partial charge on any atom is 2.00 e. The molecule has 3 nitrogen and oxygen atoms in total. The van der Waals surface area contributed by atoms with E-state index in [0.717, 1.165) is 15.8 Å². The average molecular weight is 629 g/mol. The van der Waals surface area contributed by atoms with E-state index in [1.807, 2.05) is 39.0 Å². The van der Waals surface area contributed by atoms with Gasteiger partial charge in [0.05, 0.1) is 0 Å². The summed E-state index contributed by atoms with van der Waals surface area (Å²) in [6.45, 7) is 10.1. The van der Waals surface area contributed by atoms with Crippen LogP contribution in [-0.4, -0.2) is 10.9 Å². The van der Waals surface area contributed by atoms with Gasteiger partial charge in [-0.25, -0.2) is 4.98 Å². The maximum atomic E-state index is 12.2. The molecule has 27 heavy (non-hydrogen) atoms. The Labute approximate surface area is 196 Å². The molecule has 0 aliphatic carbocycles. The van der Waals surface area contributed by atoms with Crippen molar-refractivity contribution in [3.05, 3.63) is 66.0 Å². The van der Waals surface area contributed by atoms with Crippen LogP contribution in [-0.2, 0) is 0 Å². The molecule has 1 amide bonds. The Morgan fingerprint density at radius 3 is 2.44 bits per heavy atom. The zero-order valence-electron chi connectivity index (χ0n) is 16.8. The van der Waals surface area contributed by atoms with Crippen LogP contribution in [0.3, 0.4) is 0 Å². The summed E-state index contributed by atoms with van der Waals surface area (Å²) in [5, 5.41) is 3.90. The largest absolute Gasteiger partial charge is 2.00 e. The molecule has 3 aromatic rings. The van der Waals surface area contributed by atoms with Crippen LogP contribution in [0.25, 0.3) is 10.2 Å². The molecular weight excluding hydrogens is 602 g/mol. The van der Waals surface area contributed by atoms with Crippen molar-refractivity contribution in [1.82, 2.24) is 4.98 Å². The first-order chi connectivity index (χ1) is 12.0. The number of benzene rings is 2. The van der Waals surface area contributed by atoms with Crippen molar-refractivity contribution in [1.29, 1.82) is 0 Å². The number of hydrogen-bond acceptors (Lipinski definition) is 3. The van der Waals surface area contributed by atoms with E-state index in [2.05, 4.69) is 30.2 Å². The molecule has 0 saturated heterocycles. The number of amides is 1. The van der Waals surface area contributed by atoms with Crippen LogP contribution in [0.15, 0.2) is 36.4 Å². The van der Waals surface area contributed by atoms with Crippen molar-refractivity contribution in [2.45, 2.75) is 41.0 Å². The van der Waals surface area contributed by atoms with Crippen LogP contribution in [0, 0.1) is 51.5 Å². The molecule has 3 rings (SSSR count). The van der Waals surface area contributed by atoms with Gasteiger partial charge in [-0.05, 0) is 36.2 Å². The number of nitrogens with one attached hydrogen (secondary N) is 1. The summed E-state index contributed by atoms with van der Waals surface area (Å²) in [4.78, 5) is 16.5. The molecule has 0 fully saturated rings. The quantitative estimate of drug-likeness (QED) is 0.305. The number of carbonyl (C=O) groups is 1. The molecule has 0 saturated carbocycles. The molecule has 6 heteroatoms. The second-order valence-corrected chi connectivity index (χ2v) is 6.55. The first kappa shape index (κ1) is 28.4. The van der Waals surface area contributed by atoms with E-state index in [1.165, 1.54) is 17.8 Å². The molecule has 0 atom stereocenters. The normalized spacial score (nSPS) is 8.81. The predicted molar refractivity (Wildman–Crippen MR) is 116 cm³/mol.